The molecule has 33 heavy (non-hydrogen) atoms. The van der Waals surface area contributed by atoms with E-state index in [0.717, 1.165) is 11.1 Å². The highest BCUT2D eigenvalue weighted by Crippen LogP contribution is 2.27. The Hall–Kier alpha value is -4.00. The van der Waals surface area contributed by atoms with Gasteiger partial charge in [0, 0.05) is 25.2 Å². The van der Waals surface area contributed by atoms with Crippen molar-refractivity contribution >= 4 is 29.1 Å². The number of nitrogens with zero attached hydrogens (tertiary/aromatic N) is 1. The van der Waals surface area contributed by atoms with Gasteiger partial charge < -0.3 is 15.5 Å². The lowest BCUT2D eigenvalue weighted by Crippen LogP contribution is -2.29. The second kappa shape index (κ2) is 9.65. The summed E-state index contributed by atoms with van der Waals surface area (Å²) in [5, 5.41) is 5.70. The number of hydrogen-bond acceptors (Lipinski definition) is 3. The van der Waals surface area contributed by atoms with Gasteiger partial charge in [0.25, 0.3) is 5.91 Å². The third-order valence-corrected chi connectivity index (χ3v) is 5.76. The van der Waals surface area contributed by atoms with Gasteiger partial charge >= 0.3 is 0 Å². The Morgan fingerprint density at radius 3 is 2.45 bits per heavy atom. The Morgan fingerprint density at radius 2 is 1.70 bits per heavy atom. The summed E-state index contributed by atoms with van der Waals surface area (Å²) in [4.78, 5) is 39.6. The number of amides is 3. The molecule has 6 nitrogen and oxygen atoms in total. The van der Waals surface area contributed by atoms with E-state index in [9.17, 15) is 18.8 Å². The zero-order chi connectivity index (χ0) is 23.4. The van der Waals surface area contributed by atoms with Crippen molar-refractivity contribution in [3.8, 4) is 0 Å². The summed E-state index contributed by atoms with van der Waals surface area (Å²) >= 11 is 0. The zero-order valence-electron chi connectivity index (χ0n) is 18.2. The fraction of sp³-hybridized carbons (Fsp3) is 0.192. The molecule has 0 aromatic heterocycles. The third kappa shape index (κ3) is 5.09. The Morgan fingerprint density at radius 1 is 1.00 bits per heavy atom. The molecule has 3 amide bonds. The standard InChI is InChI=1S/C26H24FN3O3/c1-17-6-2-3-7-18(17)15-28-26(33)22-8-4-5-9-23(22)29-25(32)19-14-24(31)30(16-19)21-12-10-20(27)11-13-21/h2-13,19H,14-16H2,1H3,(H,28,33)(H,29,32)/t19-/m1/s1. The van der Waals surface area contributed by atoms with Crippen molar-refractivity contribution < 1.29 is 18.8 Å². The number of halogens is 1. The molecule has 1 aliphatic rings. The van der Waals surface area contributed by atoms with Gasteiger partial charge in [0.05, 0.1) is 17.2 Å². The topological polar surface area (TPSA) is 78.5 Å². The van der Waals surface area contributed by atoms with Crippen LogP contribution in [0.4, 0.5) is 15.8 Å². The van der Waals surface area contributed by atoms with E-state index < -0.39 is 11.7 Å². The molecular formula is C26H24FN3O3. The van der Waals surface area contributed by atoms with E-state index >= 15 is 0 Å². The van der Waals surface area contributed by atoms with Crippen LogP contribution in [-0.4, -0.2) is 24.3 Å². The molecule has 0 aliphatic carbocycles. The molecule has 1 atom stereocenters. The van der Waals surface area contributed by atoms with E-state index in [0.29, 0.717) is 23.5 Å². The number of hydrogen-bond donors (Lipinski definition) is 2. The van der Waals surface area contributed by atoms with Crippen LogP contribution in [0.1, 0.15) is 27.9 Å². The summed E-state index contributed by atoms with van der Waals surface area (Å²) in [5.74, 6) is -1.81. The monoisotopic (exact) mass is 445 g/mol. The van der Waals surface area contributed by atoms with Crippen molar-refractivity contribution in [2.75, 3.05) is 16.8 Å². The molecule has 3 aromatic rings. The lowest BCUT2D eigenvalue weighted by molar-refractivity contribution is -0.122. The van der Waals surface area contributed by atoms with Crippen LogP contribution < -0.4 is 15.5 Å². The molecule has 0 saturated carbocycles. The van der Waals surface area contributed by atoms with Crippen molar-refractivity contribution in [3.63, 3.8) is 0 Å². The minimum absolute atomic E-state index is 0.0465. The lowest BCUT2D eigenvalue weighted by Gasteiger charge is -2.17. The average Bonchev–Trinajstić information content (AvgIpc) is 3.21. The summed E-state index contributed by atoms with van der Waals surface area (Å²) in [5.41, 5.74) is 3.37. The molecule has 0 spiro atoms. The first-order valence-corrected chi connectivity index (χ1v) is 10.7. The fourth-order valence-corrected chi connectivity index (χ4v) is 3.86. The molecule has 0 radical (unpaired) electrons. The molecule has 7 heteroatoms. The van der Waals surface area contributed by atoms with Gasteiger partial charge in [-0.3, -0.25) is 14.4 Å². The summed E-state index contributed by atoms with van der Waals surface area (Å²) in [6.45, 7) is 2.54. The summed E-state index contributed by atoms with van der Waals surface area (Å²) < 4.78 is 13.2. The van der Waals surface area contributed by atoms with E-state index in [1.807, 2.05) is 31.2 Å². The van der Waals surface area contributed by atoms with Crippen molar-refractivity contribution in [3.05, 3.63) is 95.3 Å². The molecule has 1 fully saturated rings. The van der Waals surface area contributed by atoms with Crippen LogP contribution in [0.2, 0.25) is 0 Å². The molecule has 168 valence electrons. The fourth-order valence-electron chi connectivity index (χ4n) is 3.86. The highest BCUT2D eigenvalue weighted by atomic mass is 19.1. The largest absolute Gasteiger partial charge is 0.348 e. The first-order chi connectivity index (χ1) is 15.9. The SMILES string of the molecule is Cc1ccccc1CNC(=O)c1ccccc1NC(=O)[C@@H]1CC(=O)N(c2ccc(F)cc2)C1. The van der Waals surface area contributed by atoms with E-state index in [1.54, 1.807) is 24.3 Å². The van der Waals surface area contributed by atoms with Crippen LogP contribution in [0.15, 0.2) is 72.8 Å². The van der Waals surface area contributed by atoms with Gasteiger partial charge in [-0.1, -0.05) is 36.4 Å². The van der Waals surface area contributed by atoms with Gasteiger partial charge in [-0.25, -0.2) is 4.39 Å². The maximum atomic E-state index is 13.2. The maximum absolute atomic E-state index is 13.2. The predicted octanol–water partition coefficient (Wildman–Crippen LogP) is 4.06. The van der Waals surface area contributed by atoms with Gasteiger partial charge in [0.1, 0.15) is 5.82 Å². The van der Waals surface area contributed by atoms with Crippen LogP contribution in [0.3, 0.4) is 0 Å². The second-order valence-electron chi connectivity index (χ2n) is 8.03. The Kier molecular flexibility index (Phi) is 6.49. The minimum atomic E-state index is -0.578. The first-order valence-electron chi connectivity index (χ1n) is 10.7. The highest BCUT2D eigenvalue weighted by molar-refractivity contribution is 6.07. The number of para-hydroxylation sites is 1. The van der Waals surface area contributed by atoms with Gasteiger partial charge in [-0.15, -0.1) is 0 Å². The molecular weight excluding hydrogens is 421 g/mol. The highest BCUT2D eigenvalue weighted by Gasteiger charge is 2.35. The van der Waals surface area contributed by atoms with E-state index in [4.69, 9.17) is 0 Å². The number of nitrogens with one attached hydrogen (secondary N) is 2. The number of benzene rings is 3. The van der Waals surface area contributed by atoms with Gasteiger partial charge in [0.2, 0.25) is 11.8 Å². The normalized spacial score (nSPS) is 15.4. The number of rotatable bonds is 6. The summed E-state index contributed by atoms with van der Waals surface area (Å²) in [6, 6.07) is 20.2. The molecule has 1 aliphatic heterocycles. The van der Waals surface area contributed by atoms with Crippen molar-refractivity contribution in [1.82, 2.24) is 5.32 Å². The molecule has 1 heterocycles. The van der Waals surface area contributed by atoms with E-state index in [1.165, 1.54) is 29.2 Å². The van der Waals surface area contributed by atoms with Crippen LogP contribution in [0.5, 0.6) is 0 Å². The van der Waals surface area contributed by atoms with Crippen LogP contribution in [-0.2, 0) is 16.1 Å². The maximum Gasteiger partial charge on any atom is 0.253 e. The van der Waals surface area contributed by atoms with Crippen LogP contribution >= 0.6 is 0 Å². The van der Waals surface area contributed by atoms with Crippen molar-refractivity contribution in [2.24, 2.45) is 5.92 Å². The minimum Gasteiger partial charge on any atom is -0.348 e. The molecule has 4 rings (SSSR count). The quantitative estimate of drug-likeness (QED) is 0.601. The van der Waals surface area contributed by atoms with Gasteiger partial charge in [-0.05, 0) is 54.4 Å². The third-order valence-electron chi connectivity index (χ3n) is 5.76. The smallest absolute Gasteiger partial charge is 0.253 e. The first kappa shape index (κ1) is 22.2. The second-order valence-corrected chi connectivity index (χ2v) is 8.03. The van der Waals surface area contributed by atoms with Gasteiger partial charge in [0.15, 0.2) is 0 Å². The average molecular weight is 445 g/mol. The van der Waals surface area contributed by atoms with E-state index in [2.05, 4.69) is 10.6 Å². The summed E-state index contributed by atoms with van der Waals surface area (Å²) in [7, 11) is 0. The molecule has 2 N–H and O–H groups in total. The van der Waals surface area contributed by atoms with Crippen LogP contribution in [0, 0.1) is 18.7 Å². The number of anilines is 2. The zero-order valence-corrected chi connectivity index (χ0v) is 18.2. The number of carbonyl (C=O) groups is 3. The van der Waals surface area contributed by atoms with Crippen molar-refractivity contribution in [1.29, 1.82) is 0 Å². The van der Waals surface area contributed by atoms with Gasteiger partial charge in [-0.2, -0.15) is 0 Å². The van der Waals surface area contributed by atoms with Crippen LogP contribution in [0.25, 0.3) is 0 Å². The van der Waals surface area contributed by atoms with Crippen molar-refractivity contribution in [2.45, 2.75) is 19.9 Å². The molecule has 0 unspecified atom stereocenters. The molecule has 1 saturated heterocycles. The molecule has 0 bridgehead atoms. The van der Waals surface area contributed by atoms with E-state index in [-0.39, 0.29) is 30.7 Å². The Balaban J connectivity index is 1.42. The summed E-state index contributed by atoms with van der Waals surface area (Å²) in [6.07, 6.45) is 0.0465. The molecule has 3 aromatic carbocycles. The number of carbonyl (C=O) groups excluding carboxylic acids is 3. The Bertz CT molecular complexity index is 1190. The predicted molar refractivity (Wildman–Crippen MR) is 124 cm³/mol. The Labute approximate surface area is 191 Å². The lowest BCUT2D eigenvalue weighted by atomic mass is 10.1. The number of aryl methyl sites for hydroxylation is 1.